The predicted octanol–water partition coefficient (Wildman–Crippen LogP) is 14.1. The Balaban J connectivity index is 1.16. The molecule has 0 N–H and O–H groups in total. The first kappa shape index (κ1) is 27.4. The van der Waals surface area contributed by atoms with Crippen molar-refractivity contribution in [2.24, 2.45) is 0 Å². The number of hydrogen-bond acceptors (Lipinski definition) is 6. The minimum atomic E-state index is 0.894. The van der Waals surface area contributed by atoms with Crippen molar-refractivity contribution in [3.8, 4) is 10.6 Å². The molecule has 0 aliphatic heterocycles. The third kappa shape index (κ3) is 4.21. The number of para-hydroxylation sites is 1. The van der Waals surface area contributed by atoms with Gasteiger partial charge >= 0.3 is 0 Å². The highest BCUT2D eigenvalue weighted by molar-refractivity contribution is 7.28. The molecule has 3 nitrogen and oxygen atoms in total. The van der Waals surface area contributed by atoms with Gasteiger partial charge in [-0.15, -0.1) is 34.0 Å². The van der Waals surface area contributed by atoms with Crippen LogP contribution in [0.1, 0.15) is 0 Å². The standard InChI is InChI=1S/C43H24N2OS3/c1-2-8-25(9-3-1)43-44-34-18-21-39-41(42(34)49-43)33-23-27(16-20-38(33)47-39)45(26-15-19-36-32(22-26)29-10-4-6-12-35(29)46-36)28-14-17-31-30-11-5-7-13-37(30)48-40(31)24-28/h1-24H. The summed E-state index contributed by atoms with van der Waals surface area (Å²) in [6, 6.07) is 52.3. The lowest BCUT2D eigenvalue weighted by atomic mass is 10.1. The van der Waals surface area contributed by atoms with E-state index in [1.807, 2.05) is 34.8 Å². The van der Waals surface area contributed by atoms with Gasteiger partial charge in [-0.3, -0.25) is 0 Å². The number of benzene rings is 7. The van der Waals surface area contributed by atoms with Gasteiger partial charge < -0.3 is 9.32 Å². The van der Waals surface area contributed by atoms with E-state index >= 15 is 0 Å². The van der Waals surface area contributed by atoms with Gasteiger partial charge in [0.15, 0.2) is 0 Å². The molecule has 0 spiro atoms. The van der Waals surface area contributed by atoms with Crippen LogP contribution in [-0.2, 0) is 0 Å². The summed E-state index contributed by atoms with van der Waals surface area (Å²) in [5.41, 5.74) is 7.33. The van der Waals surface area contributed by atoms with Crippen molar-refractivity contribution in [1.29, 1.82) is 0 Å². The van der Waals surface area contributed by atoms with Crippen molar-refractivity contribution >= 4 is 124 Å². The maximum atomic E-state index is 6.24. The first-order valence-corrected chi connectivity index (χ1v) is 18.6. The fourth-order valence-corrected chi connectivity index (χ4v) is 10.7. The van der Waals surface area contributed by atoms with Crippen LogP contribution in [0.15, 0.2) is 150 Å². The molecular weight excluding hydrogens is 657 g/mol. The number of fused-ring (bicyclic) bond motifs is 11. The van der Waals surface area contributed by atoms with Crippen LogP contribution in [0.4, 0.5) is 17.1 Å². The Morgan fingerprint density at radius 1 is 0.449 bits per heavy atom. The van der Waals surface area contributed by atoms with E-state index in [4.69, 9.17) is 9.40 Å². The topological polar surface area (TPSA) is 29.3 Å². The average Bonchev–Trinajstić information content (AvgIpc) is 3.92. The number of furan rings is 1. The molecule has 0 aliphatic carbocycles. The Morgan fingerprint density at radius 3 is 2.02 bits per heavy atom. The monoisotopic (exact) mass is 680 g/mol. The van der Waals surface area contributed by atoms with Gasteiger partial charge in [0.25, 0.3) is 0 Å². The lowest BCUT2D eigenvalue weighted by Crippen LogP contribution is -2.09. The SMILES string of the molecule is c1ccc(-c2nc3ccc4sc5ccc(N(c6ccc7c(c6)sc6ccccc67)c6ccc7oc8ccccc8c7c6)cc5c4c3s2)cc1. The Bertz CT molecular complexity index is 3070. The second kappa shape index (κ2) is 10.5. The van der Waals surface area contributed by atoms with E-state index in [-0.39, 0.29) is 0 Å². The Hall–Kier alpha value is -5.53. The number of nitrogens with zero attached hydrogens (tertiary/aromatic N) is 2. The highest BCUT2D eigenvalue weighted by atomic mass is 32.1. The highest BCUT2D eigenvalue weighted by Gasteiger charge is 2.20. The van der Waals surface area contributed by atoms with Gasteiger partial charge in [0.1, 0.15) is 16.2 Å². The number of hydrogen-bond donors (Lipinski definition) is 0. The molecule has 11 aromatic rings. The van der Waals surface area contributed by atoms with Crippen LogP contribution < -0.4 is 4.90 Å². The molecule has 0 radical (unpaired) electrons. The van der Waals surface area contributed by atoms with Crippen LogP contribution in [0.3, 0.4) is 0 Å². The van der Waals surface area contributed by atoms with Crippen molar-refractivity contribution in [3.05, 3.63) is 146 Å². The molecule has 0 bridgehead atoms. The molecule has 49 heavy (non-hydrogen) atoms. The molecule has 0 atom stereocenters. The summed E-state index contributed by atoms with van der Waals surface area (Å²) in [4.78, 5) is 7.47. The molecule has 0 saturated carbocycles. The maximum Gasteiger partial charge on any atom is 0.135 e. The lowest BCUT2D eigenvalue weighted by Gasteiger charge is -2.26. The summed E-state index contributed by atoms with van der Waals surface area (Å²) in [6.07, 6.45) is 0. The van der Waals surface area contributed by atoms with Crippen molar-refractivity contribution in [2.45, 2.75) is 0 Å². The van der Waals surface area contributed by atoms with E-state index in [0.717, 1.165) is 55.1 Å². The average molecular weight is 681 g/mol. The van der Waals surface area contributed by atoms with E-state index < -0.39 is 0 Å². The van der Waals surface area contributed by atoms with Crippen molar-refractivity contribution < 1.29 is 4.42 Å². The molecule has 0 amide bonds. The zero-order valence-corrected chi connectivity index (χ0v) is 28.3. The molecule has 0 saturated heterocycles. The third-order valence-electron chi connectivity index (χ3n) is 9.49. The van der Waals surface area contributed by atoms with Crippen molar-refractivity contribution in [2.75, 3.05) is 4.90 Å². The fourth-order valence-electron chi connectivity index (χ4n) is 7.23. The minimum Gasteiger partial charge on any atom is -0.456 e. The number of thiazole rings is 1. The lowest BCUT2D eigenvalue weighted by molar-refractivity contribution is 0.669. The van der Waals surface area contributed by atoms with Crippen LogP contribution in [0.2, 0.25) is 0 Å². The molecule has 11 rings (SSSR count). The van der Waals surface area contributed by atoms with Crippen LogP contribution in [-0.4, -0.2) is 4.98 Å². The van der Waals surface area contributed by atoms with E-state index in [0.29, 0.717) is 0 Å². The summed E-state index contributed by atoms with van der Waals surface area (Å²) >= 11 is 5.49. The first-order valence-electron chi connectivity index (χ1n) is 16.2. The Morgan fingerprint density at radius 2 is 1.10 bits per heavy atom. The van der Waals surface area contributed by atoms with E-state index in [1.54, 1.807) is 11.3 Å². The molecule has 7 aromatic carbocycles. The maximum absolute atomic E-state index is 6.24. The van der Waals surface area contributed by atoms with Gasteiger partial charge in [0.05, 0.1) is 10.2 Å². The van der Waals surface area contributed by atoms with Gasteiger partial charge in [-0.1, -0.05) is 72.8 Å². The zero-order chi connectivity index (χ0) is 32.1. The molecule has 4 aromatic heterocycles. The number of aromatic nitrogens is 1. The third-order valence-corrected chi connectivity index (χ3v) is 12.9. The number of thiophene rings is 2. The molecule has 4 heterocycles. The Labute approximate surface area is 292 Å². The summed E-state index contributed by atoms with van der Waals surface area (Å²) in [6.45, 7) is 0. The summed E-state index contributed by atoms with van der Waals surface area (Å²) in [7, 11) is 0. The van der Waals surface area contributed by atoms with Crippen molar-refractivity contribution in [1.82, 2.24) is 4.98 Å². The summed E-state index contributed by atoms with van der Waals surface area (Å²) in [5, 5.41) is 8.44. The molecular formula is C43H24N2OS3. The molecule has 0 fully saturated rings. The molecule has 0 unspecified atom stereocenters. The predicted molar refractivity (Wildman–Crippen MR) is 213 cm³/mol. The number of anilines is 3. The zero-order valence-electron chi connectivity index (χ0n) is 25.9. The van der Waals surface area contributed by atoms with Crippen LogP contribution in [0.25, 0.3) is 83.1 Å². The largest absolute Gasteiger partial charge is 0.456 e. The van der Waals surface area contributed by atoms with Gasteiger partial charge in [-0.05, 0) is 72.8 Å². The summed E-state index contributed by atoms with van der Waals surface area (Å²) < 4.78 is 12.6. The number of rotatable bonds is 4. The smallest absolute Gasteiger partial charge is 0.135 e. The van der Waals surface area contributed by atoms with Gasteiger partial charge in [-0.25, -0.2) is 4.98 Å². The minimum absolute atomic E-state index is 0.894. The second-order valence-corrected chi connectivity index (χ2v) is 15.5. The Kier molecular flexibility index (Phi) is 5.87. The summed E-state index contributed by atoms with van der Waals surface area (Å²) in [5.74, 6) is 0. The first-order chi connectivity index (χ1) is 24.2. The molecule has 230 valence electrons. The van der Waals surface area contributed by atoms with Crippen LogP contribution in [0, 0.1) is 0 Å². The fraction of sp³-hybridized carbons (Fsp3) is 0. The second-order valence-electron chi connectivity index (χ2n) is 12.3. The van der Waals surface area contributed by atoms with Crippen molar-refractivity contribution in [3.63, 3.8) is 0 Å². The van der Waals surface area contributed by atoms with Gasteiger partial charge in [0.2, 0.25) is 0 Å². The van der Waals surface area contributed by atoms with Gasteiger partial charge in [0, 0.05) is 73.7 Å². The molecule has 0 aliphatic rings. The van der Waals surface area contributed by atoms with Crippen LogP contribution in [0.5, 0.6) is 0 Å². The normalized spacial score (nSPS) is 12.1. The van der Waals surface area contributed by atoms with Gasteiger partial charge in [-0.2, -0.15) is 0 Å². The highest BCUT2D eigenvalue weighted by Crippen LogP contribution is 2.46. The van der Waals surface area contributed by atoms with E-state index in [9.17, 15) is 0 Å². The van der Waals surface area contributed by atoms with Crippen LogP contribution >= 0.6 is 34.0 Å². The molecule has 6 heteroatoms. The van der Waals surface area contributed by atoms with E-state index in [2.05, 4.69) is 138 Å². The van der Waals surface area contributed by atoms with E-state index in [1.165, 1.54) is 45.0 Å². The quantitative estimate of drug-likeness (QED) is 0.185.